The van der Waals surface area contributed by atoms with Crippen molar-refractivity contribution in [3.05, 3.63) is 60.7 Å². The molecule has 0 spiro atoms. The first-order chi connectivity index (χ1) is 10.3. The lowest BCUT2D eigenvalue weighted by atomic mass is 9.95. The zero-order valence-electron chi connectivity index (χ0n) is 12.0. The van der Waals surface area contributed by atoms with E-state index >= 15 is 0 Å². The second-order valence-electron chi connectivity index (χ2n) is 5.45. The number of amides is 1. The van der Waals surface area contributed by atoms with Gasteiger partial charge in [-0.2, -0.15) is 0 Å². The van der Waals surface area contributed by atoms with Gasteiger partial charge in [-0.15, -0.1) is 0 Å². The highest BCUT2D eigenvalue weighted by Crippen LogP contribution is 2.24. The smallest absolute Gasteiger partial charge is 0.227 e. The normalized spacial score (nSPS) is 15.7. The summed E-state index contributed by atoms with van der Waals surface area (Å²) < 4.78 is 0. The zero-order valence-corrected chi connectivity index (χ0v) is 12.0. The first-order valence-electron chi connectivity index (χ1n) is 7.49. The first kappa shape index (κ1) is 13.7. The number of nitrogens with zero attached hydrogens (tertiary/aromatic N) is 1. The molecule has 21 heavy (non-hydrogen) atoms. The summed E-state index contributed by atoms with van der Waals surface area (Å²) >= 11 is 0. The van der Waals surface area contributed by atoms with Gasteiger partial charge in [-0.3, -0.25) is 4.79 Å². The van der Waals surface area contributed by atoms with Gasteiger partial charge in [-0.05, 0) is 37.1 Å². The van der Waals surface area contributed by atoms with E-state index in [2.05, 4.69) is 34.5 Å². The fourth-order valence-electron chi connectivity index (χ4n) is 2.80. The third kappa shape index (κ3) is 3.43. The highest BCUT2D eigenvalue weighted by molar-refractivity contribution is 5.92. The largest absolute Gasteiger partial charge is 0.371 e. The van der Waals surface area contributed by atoms with Crippen LogP contribution in [0.1, 0.15) is 12.8 Å². The van der Waals surface area contributed by atoms with E-state index in [-0.39, 0.29) is 11.8 Å². The molecule has 2 aromatic carbocycles. The molecule has 0 saturated carbocycles. The van der Waals surface area contributed by atoms with E-state index < -0.39 is 0 Å². The lowest BCUT2D eigenvalue weighted by Gasteiger charge is -2.33. The minimum absolute atomic E-state index is 0.116. The molecule has 0 unspecified atom stereocenters. The van der Waals surface area contributed by atoms with Gasteiger partial charge in [0.15, 0.2) is 0 Å². The quantitative estimate of drug-likeness (QED) is 0.932. The molecule has 0 radical (unpaired) electrons. The molecule has 1 aliphatic heterocycles. The van der Waals surface area contributed by atoms with Crippen molar-refractivity contribution >= 4 is 17.3 Å². The highest BCUT2D eigenvalue weighted by Gasteiger charge is 2.25. The molecular weight excluding hydrogens is 260 g/mol. The molecule has 1 saturated heterocycles. The Kier molecular flexibility index (Phi) is 4.20. The van der Waals surface area contributed by atoms with Gasteiger partial charge in [0.25, 0.3) is 0 Å². The van der Waals surface area contributed by atoms with Crippen LogP contribution < -0.4 is 10.2 Å². The molecule has 1 N–H and O–H groups in total. The number of nitrogens with one attached hydrogen (secondary N) is 1. The van der Waals surface area contributed by atoms with Crippen LogP contribution in [0.25, 0.3) is 0 Å². The van der Waals surface area contributed by atoms with Gasteiger partial charge in [0.05, 0.1) is 0 Å². The molecule has 1 aliphatic rings. The van der Waals surface area contributed by atoms with Gasteiger partial charge >= 0.3 is 0 Å². The van der Waals surface area contributed by atoms with Crippen molar-refractivity contribution in [3.63, 3.8) is 0 Å². The monoisotopic (exact) mass is 280 g/mol. The number of rotatable bonds is 3. The molecule has 0 bridgehead atoms. The average Bonchev–Trinajstić information content (AvgIpc) is 2.57. The molecule has 0 atom stereocenters. The Morgan fingerprint density at radius 3 is 2.10 bits per heavy atom. The van der Waals surface area contributed by atoms with Crippen molar-refractivity contribution in [3.8, 4) is 0 Å². The van der Waals surface area contributed by atoms with Crippen LogP contribution in [0.5, 0.6) is 0 Å². The summed E-state index contributed by atoms with van der Waals surface area (Å²) in [5, 5.41) is 3.01. The number of carbonyl (C=O) groups is 1. The molecule has 3 rings (SSSR count). The topological polar surface area (TPSA) is 32.3 Å². The Morgan fingerprint density at radius 1 is 0.905 bits per heavy atom. The summed E-state index contributed by atoms with van der Waals surface area (Å²) in [5.41, 5.74) is 2.13. The third-order valence-electron chi connectivity index (χ3n) is 4.03. The SMILES string of the molecule is O=C(Nc1ccccc1)C1CCN(c2ccccc2)CC1. The number of anilines is 2. The minimum Gasteiger partial charge on any atom is -0.371 e. The van der Waals surface area contributed by atoms with Gasteiger partial charge in [0, 0.05) is 30.4 Å². The predicted molar refractivity (Wildman–Crippen MR) is 86.5 cm³/mol. The molecule has 1 heterocycles. The average molecular weight is 280 g/mol. The van der Waals surface area contributed by atoms with Crippen molar-refractivity contribution in [1.82, 2.24) is 0 Å². The van der Waals surface area contributed by atoms with Crippen LogP contribution in [0.4, 0.5) is 11.4 Å². The van der Waals surface area contributed by atoms with E-state index in [4.69, 9.17) is 0 Å². The molecule has 1 amide bonds. The summed E-state index contributed by atoms with van der Waals surface area (Å²) in [4.78, 5) is 14.6. The maximum Gasteiger partial charge on any atom is 0.227 e. The zero-order chi connectivity index (χ0) is 14.5. The third-order valence-corrected chi connectivity index (χ3v) is 4.03. The van der Waals surface area contributed by atoms with E-state index in [1.807, 2.05) is 36.4 Å². The van der Waals surface area contributed by atoms with Crippen molar-refractivity contribution in [2.75, 3.05) is 23.3 Å². The van der Waals surface area contributed by atoms with Crippen molar-refractivity contribution in [2.45, 2.75) is 12.8 Å². The number of benzene rings is 2. The molecule has 108 valence electrons. The summed E-state index contributed by atoms with van der Waals surface area (Å²) in [7, 11) is 0. The van der Waals surface area contributed by atoms with Crippen LogP contribution in [-0.4, -0.2) is 19.0 Å². The van der Waals surface area contributed by atoms with E-state index in [9.17, 15) is 4.79 Å². The van der Waals surface area contributed by atoms with Crippen LogP contribution in [0.2, 0.25) is 0 Å². The van der Waals surface area contributed by atoms with Crippen molar-refractivity contribution in [1.29, 1.82) is 0 Å². The first-order valence-corrected chi connectivity index (χ1v) is 7.49. The van der Waals surface area contributed by atoms with Gasteiger partial charge in [-0.1, -0.05) is 36.4 Å². The van der Waals surface area contributed by atoms with Gasteiger partial charge in [0.2, 0.25) is 5.91 Å². The van der Waals surface area contributed by atoms with Crippen LogP contribution in [-0.2, 0) is 4.79 Å². The maximum absolute atomic E-state index is 12.3. The van der Waals surface area contributed by atoms with E-state index in [0.29, 0.717) is 0 Å². The fourth-order valence-corrected chi connectivity index (χ4v) is 2.80. The number of carbonyl (C=O) groups excluding carboxylic acids is 1. The highest BCUT2D eigenvalue weighted by atomic mass is 16.1. The summed E-state index contributed by atoms with van der Waals surface area (Å²) in [6.07, 6.45) is 1.82. The molecular formula is C18H20N2O. The lowest BCUT2D eigenvalue weighted by Crippen LogP contribution is -2.38. The van der Waals surface area contributed by atoms with Crippen molar-refractivity contribution < 1.29 is 4.79 Å². The Morgan fingerprint density at radius 2 is 1.48 bits per heavy atom. The maximum atomic E-state index is 12.3. The second-order valence-corrected chi connectivity index (χ2v) is 5.45. The molecule has 3 heteroatoms. The molecule has 1 fully saturated rings. The van der Waals surface area contributed by atoms with E-state index in [1.165, 1.54) is 5.69 Å². The van der Waals surface area contributed by atoms with Crippen LogP contribution in [0.15, 0.2) is 60.7 Å². The predicted octanol–water partition coefficient (Wildman–Crippen LogP) is 3.54. The number of hydrogen-bond donors (Lipinski definition) is 1. The Balaban J connectivity index is 1.55. The number of para-hydroxylation sites is 2. The van der Waals surface area contributed by atoms with Gasteiger partial charge in [0.1, 0.15) is 0 Å². The molecule has 2 aromatic rings. The molecule has 3 nitrogen and oxygen atoms in total. The van der Waals surface area contributed by atoms with Gasteiger partial charge in [-0.25, -0.2) is 0 Å². The number of piperidine rings is 1. The Labute approximate surface area is 125 Å². The van der Waals surface area contributed by atoms with Crippen molar-refractivity contribution in [2.24, 2.45) is 5.92 Å². The Bertz CT molecular complexity index is 575. The fraction of sp³-hybridized carbons (Fsp3) is 0.278. The molecule has 0 aliphatic carbocycles. The molecule has 0 aromatic heterocycles. The van der Waals surface area contributed by atoms with Crippen LogP contribution in [0, 0.1) is 5.92 Å². The minimum atomic E-state index is 0.116. The summed E-state index contributed by atoms with van der Waals surface area (Å²) in [6, 6.07) is 20.1. The standard InChI is InChI=1S/C18H20N2O/c21-18(19-16-7-3-1-4-8-16)15-11-13-20(14-12-15)17-9-5-2-6-10-17/h1-10,15H,11-14H2,(H,19,21). The summed E-state index contributed by atoms with van der Waals surface area (Å²) in [5.74, 6) is 0.263. The number of hydrogen-bond acceptors (Lipinski definition) is 2. The lowest BCUT2D eigenvalue weighted by molar-refractivity contribution is -0.120. The Hall–Kier alpha value is -2.29. The van der Waals surface area contributed by atoms with Crippen LogP contribution in [0.3, 0.4) is 0 Å². The van der Waals surface area contributed by atoms with E-state index in [0.717, 1.165) is 31.6 Å². The van der Waals surface area contributed by atoms with E-state index in [1.54, 1.807) is 0 Å². The second kappa shape index (κ2) is 6.44. The van der Waals surface area contributed by atoms with Crippen LogP contribution >= 0.6 is 0 Å². The summed E-state index contributed by atoms with van der Waals surface area (Å²) in [6.45, 7) is 1.88. The van der Waals surface area contributed by atoms with Gasteiger partial charge < -0.3 is 10.2 Å².